The lowest BCUT2D eigenvalue weighted by atomic mass is 10.0. The first-order chi connectivity index (χ1) is 13.1. The molecule has 6 nitrogen and oxygen atoms in total. The van der Waals surface area contributed by atoms with E-state index in [1.54, 1.807) is 22.8 Å². The first-order valence-corrected chi connectivity index (χ1v) is 10.7. The number of pyridine rings is 1. The Hall–Kier alpha value is -2.22. The van der Waals surface area contributed by atoms with E-state index in [0.717, 1.165) is 19.6 Å². The van der Waals surface area contributed by atoms with Crippen LogP contribution >= 0.6 is 0 Å². The SMILES string of the molecule is O=S(=O)(c1c[nH]c2ncccc12)N1C[C@H]2CN(Cc3ccccc3)C[C@H]2C1. The highest BCUT2D eigenvalue weighted by molar-refractivity contribution is 7.89. The number of nitrogens with zero attached hydrogens (tertiary/aromatic N) is 3. The summed E-state index contributed by atoms with van der Waals surface area (Å²) < 4.78 is 28.0. The number of hydrogen-bond donors (Lipinski definition) is 1. The van der Waals surface area contributed by atoms with Crippen LogP contribution in [0.1, 0.15) is 5.56 Å². The van der Waals surface area contributed by atoms with Crippen LogP contribution in [0.15, 0.2) is 59.8 Å². The van der Waals surface area contributed by atoms with Gasteiger partial charge in [-0.3, -0.25) is 4.90 Å². The van der Waals surface area contributed by atoms with E-state index in [1.807, 2.05) is 12.1 Å². The second kappa shape index (κ2) is 6.44. The molecule has 2 fully saturated rings. The Kier molecular flexibility index (Phi) is 4.03. The third-order valence-electron chi connectivity index (χ3n) is 5.81. The molecule has 0 bridgehead atoms. The summed E-state index contributed by atoms with van der Waals surface area (Å²) in [5, 5.41) is 0.667. The van der Waals surface area contributed by atoms with Gasteiger partial charge in [0.05, 0.1) is 0 Å². The second-order valence-corrected chi connectivity index (χ2v) is 9.48. The zero-order valence-electron chi connectivity index (χ0n) is 15.0. The van der Waals surface area contributed by atoms with Crippen LogP contribution in [0.3, 0.4) is 0 Å². The van der Waals surface area contributed by atoms with E-state index in [0.29, 0.717) is 40.9 Å². The van der Waals surface area contributed by atoms with E-state index in [1.165, 1.54) is 5.56 Å². The number of H-pyrrole nitrogens is 1. The molecule has 2 aliphatic heterocycles. The van der Waals surface area contributed by atoms with Gasteiger partial charge in [0.2, 0.25) is 10.0 Å². The number of aromatic amines is 1. The average molecular weight is 382 g/mol. The van der Waals surface area contributed by atoms with Gasteiger partial charge >= 0.3 is 0 Å². The molecule has 7 heteroatoms. The molecule has 0 amide bonds. The van der Waals surface area contributed by atoms with E-state index >= 15 is 0 Å². The van der Waals surface area contributed by atoms with Crippen molar-refractivity contribution in [3.63, 3.8) is 0 Å². The molecule has 1 aromatic carbocycles. The molecule has 4 heterocycles. The quantitative estimate of drug-likeness (QED) is 0.752. The van der Waals surface area contributed by atoms with E-state index in [9.17, 15) is 8.42 Å². The molecule has 2 aliphatic rings. The standard InChI is InChI=1S/C20H22N4O2S/c25-27(26,19-9-22-20-18(19)7-4-8-21-20)24-13-16-11-23(12-17(16)14-24)10-15-5-2-1-3-6-15/h1-9,16-17H,10-14H2,(H,21,22)/t16-,17+. The van der Waals surface area contributed by atoms with Crippen molar-refractivity contribution in [1.29, 1.82) is 0 Å². The molecule has 2 aromatic heterocycles. The molecule has 0 aliphatic carbocycles. The average Bonchev–Trinajstić information content (AvgIpc) is 3.35. The molecule has 0 saturated carbocycles. The Balaban J connectivity index is 1.31. The molecule has 2 atom stereocenters. The second-order valence-electron chi connectivity index (χ2n) is 7.57. The number of nitrogens with one attached hydrogen (secondary N) is 1. The van der Waals surface area contributed by atoms with Crippen molar-refractivity contribution in [3.05, 3.63) is 60.4 Å². The lowest BCUT2D eigenvalue weighted by molar-refractivity contribution is 0.290. The minimum absolute atomic E-state index is 0.340. The zero-order valence-corrected chi connectivity index (χ0v) is 15.8. The first-order valence-electron chi connectivity index (χ1n) is 9.30. The number of likely N-dealkylation sites (tertiary alicyclic amines) is 1. The van der Waals surface area contributed by atoms with Crippen LogP contribution in [0.5, 0.6) is 0 Å². The molecular formula is C20H22N4O2S. The van der Waals surface area contributed by atoms with Gasteiger partial charge in [0, 0.05) is 50.5 Å². The Bertz CT molecular complexity index is 1050. The molecule has 3 aromatic rings. The topological polar surface area (TPSA) is 69.3 Å². The van der Waals surface area contributed by atoms with Crippen molar-refractivity contribution in [3.8, 4) is 0 Å². The fourth-order valence-corrected chi connectivity index (χ4v) is 6.20. The van der Waals surface area contributed by atoms with Gasteiger partial charge in [0.1, 0.15) is 10.5 Å². The summed E-state index contributed by atoms with van der Waals surface area (Å²) in [7, 11) is -3.50. The Labute approximate surface area is 158 Å². The highest BCUT2D eigenvalue weighted by Gasteiger charge is 2.44. The largest absolute Gasteiger partial charge is 0.345 e. The van der Waals surface area contributed by atoms with Gasteiger partial charge in [-0.05, 0) is 29.5 Å². The van der Waals surface area contributed by atoms with Crippen molar-refractivity contribution in [2.24, 2.45) is 11.8 Å². The molecule has 0 spiro atoms. The van der Waals surface area contributed by atoms with Gasteiger partial charge < -0.3 is 4.98 Å². The minimum atomic E-state index is -3.50. The van der Waals surface area contributed by atoms with E-state index in [2.05, 4.69) is 39.1 Å². The number of hydrogen-bond acceptors (Lipinski definition) is 4. The number of rotatable bonds is 4. The molecule has 0 unspecified atom stereocenters. The van der Waals surface area contributed by atoms with Crippen LogP contribution in [-0.2, 0) is 16.6 Å². The van der Waals surface area contributed by atoms with Crippen molar-refractivity contribution >= 4 is 21.1 Å². The number of sulfonamides is 1. The van der Waals surface area contributed by atoms with Crippen LogP contribution in [0, 0.1) is 11.8 Å². The zero-order chi connectivity index (χ0) is 18.4. The summed E-state index contributed by atoms with van der Waals surface area (Å²) in [6, 6.07) is 14.0. The molecule has 140 valence electrons. The van der Waals surface area contributed by atoms with Gasteiger partial charge in [-0.15, -0.1) is 0 Å². The Morgan fingerprint density at radius 1 is 1.00 bits per heavy atom. The molecule has 1 N–H and O–H groups in total. The lowest BCUT2D eigenvalue weighted by Gasteiger charge is -2.21. The maximum Gasteiger partial charge on any atom is 0.245 e. The number of benzene rings is 1. The van der Waals surface area contributed by atoms with Crippen molar-refractivity contribution < 1.29 is 8.42 Å². The molecule has 27 heavy (non-hydrogen) atoms. The summed E-state index contributed by atoms with van der Waals surface area (Å²) >= 11 is 0. The Morgan fingerprint density at radius 2 is 1.74 bits per heavy atom. The van der Waals surface area contributed by atoms with Crippen molar-refractivity contribution in [2.75, 3.05) is 26.2 Å². The smallest absolute Gasteiger partial charge is 0.245 e. The van der Waals surface area contributed by atoms with Gasteiger partial charge in [0.25, 0.3) is 0 Å². The fourth-order valence-electron chi connectivity index (χ4n) is 4.50. The maximum atomic E-state index is 13.2. The summed E-state index contributed by atoms with van der Waals surface area (Å²) in [6.07, 6.45) is 3.24. The van der Waals surface area contributed by atoms with Gasteiger partial charge in [0.15, 0.2) is 0 Å². The van der Waals surface area contributed by atoms with E-state index in [-0.39, 0.29) is 0 Å². The normalized spacial score (nSPS) is 23.9. The van der Waals surface area contributed by atoms with Gasteiger partial charge in [-0.25, -0.2) is 13.4 Å². The van der Waals surface area contributed by atoms with Crippen LogP contribution in [0.4, 0.5) is 0 Å². The minimum Gasteiger partial charge on any atom is -0.345 e. The first kappa shape index (κ1) is 16.9. The summed E-state index contributed by atoms with van der Waals surface area (Å²) in [6.45, 7) is 4.06. The van der Waals surface area contributed by atoms with Crippen LogP contribution < -0.4 is 0 Å². The van der Waals surface area contributed by atoms with Crippen LogP contribution in [0.2, 0.25) is 0 Å². The highest BCUT2D eigenvalue weighted by Crippen LogP contribution is 2.36. The molecule has 2 saturated heterocycles. The molecular weight excluding hydrogens is 360 g/mol. The van der Waals surface area contributed by atoms with Crippen LogP contribution in [0.25, 0.3) is 11.0 Å². The number of fused-ring (bicyclic) bond motifs is 2. The molecule has 0 radical (unpaired) electrons. The van der Waals surface area contributed by atoms with Crippen LogP contribution in [-0.4, -0.2) is 53.8 Å². The third kappa shape index (κ3) is 2.96. The van der Waals surface area contributed by atoms with E-state index in [4.69, 9.17) is 0 Å². The fraction of sp³-hybridized carbons (Fsp3) is 0.350. The van der Waals surface area contributed by atoms with Crippen molar-refractivity contribution in [1.82, 2.24) is 19.2 Å². The Morgan fingerprint density at radius 3 is 2.48 bits per heavy atom. The predicted molar refractivity (Wildman–Crippen MR) is 104 cm³/mol. The van der Waals surface area contributed by atoms with Gasteiger partial charge in [-0.1, -0.05) is 30.3 Å². The lowest BCUT2D eigenvalue weighted by Crippen LogP contribution is -2.33. The van der Waals surface area contributed by atoms with Crippen molar-refractivity contribution in [2.45, 2.75) is 11.4 Å². The summed E-state index contributed by atoms with van der Waals surface area (Å²) in [5.74, 6) is 0.818. The maximum absolute atomic E-state index is 13.2. The number of aromatic nitrogens is 2. The third-order valence-corrected chi connectivity index (χ3v) is 7.68. The predicted octanol–water partition coefficient (Wildman–Crippen LogP) is 2.32. The highest BCUT2D eigenvalue weighted by atomic mass is 32.2. The van der Waals surface area contributed by atoms with E-state index < -0.39 is 10.0 Å². The monoisotopic (exact) mass is 382 g/mol. The molecule has 5 rings (SSSR count). The van der Waals surface area contributed by atoms with Gasteiger partial charge in [-0.2, -0.15) is 4.31 Å². The summed E-state index contributed by atoms with van der Waals surface area (Å²) in [5.41, 5.74) is 1.93. The summed E-state index contributed by atoms with van der Waals surface area (Å²) in [4.78, 5) is 9.97.